The van der Waals surface area contributed by atoms with Crippen LogP contribution >= 0.6 is 24.0 Å². The molecule has 0 aromatic heterocycles. The number of rotatable bonds is 6. The van der Waals surface area contributed by atoms with Gasteiger partial charge in [-0.2, -0.15) is 0 Å². The van der Waals surface area contributed by atoms with Crippen LogP contribution in [0, 0.1) is 0 Å². The first-order chi connectivity index (χ1) is 11.8. The SMILES string of the molecule is CCN=C(NC1CC1c1ccccc1)N1CCC(N(CC)CC)C1.I. The van der Waals surface area contributed by atoms with Crippen molar-refractivity contribution in [1.29, 1.82) is 0 Å². The minimum absolute atomic E-state index is 0. The third-order valence-electron chi connectivity index (χ3n) is 5.43. The van der Waals surface area contributed by atoms with Gasteiger partial charge >= 0.3 is 0 Å². The summed E-state index contributed by atoms with van der Waals surface area (Å²) in [7, 11) is 0. The molecule has 1 aliphatic carbocycles. The fraction of sp³-hybridized carbons (Fsp3) is 0.650. The highest BCUT2D eigenvalue weighted by molar-refractivity contribution is 14.0. The second-order valence-corrected chi connectivity index (χ2v) is 6.91. The molecule has 1 saturated carbocycles. The number of benzene rings is 1. The van der Waals surface area contributed by atoms with E-state index in [2.05, 4.69) is 66.2 Å². The molecule has 25 heavy (non-hydrogen) atoms. The van der Waals surface area contributed by atoms with Crippen LogP contribution in [-0.4, -0.2) is 60.6 Å². The van der Waals surface area contributed by atoms with Gasteiger partial charge in [-0.05, 0) is 38.4 Å². The number of likely N-dealkylation sites (tertiary alicyclic amines) is 1. The van der Waals surface area contributed by atoms with Crippen molar-refractivity contribution in [2.45, 2.75) is 51.6 Å². The van der Waals surface area contributed by atoms with Crippen LogP contribution in [0.4, 0.5) is 0 Å². The molecule has 0 spiro atoms. The van der Waals surface area contributed by atoms with Crippen molar-refractivity contribution in [2.75, 3.05) is 32.7 Å². The Morgan fingerprint density at radius 1 is 1.20 bits per heavy atom. The van der Waals surface area contributed by atoms with E-state index in [1.54, 1.807) is 0 Å². The molecule has 1 aromatic carbocycles. The maximum absolute atomic E-state index is 4.77. The number of hydrogen-bond donors (Lipinski definition) is 1. The average Bonchev–Trinajstić information content (AvgIpc) is 3.22. The Labute approximate surface area is 170 Å². The van der Waals surface area contributed by atoms with Gasteiger partial charge in [0.15, 0.2) is 5.96 Å². The number of nitrogens with one attached hydrogen (secondary N) is 1. The third kappa shape index (κ3) is 5.09. The molecule has 3 unspecified atom stereocenters. The Kier molecular flexibility index (Phi) is 8.00. The summed E-state index contributed by atoms with van der Waals surface area (Å²) >= 11 is 0. The number of hydrogen-bond acceptors (Lipinski definition) is 2. The van der Waals surface area contributed by atoms with Crippen molar-refractivity contribution >= 4 is 29.9 Å². The van der Waals surface area contributed by atoms with Gasteiger partial charge in [0.05, 0.1) is 0 Å². The second-order valence-electron chi connectivity index (χ2n) is 6.91. The number of guanidine groups is 1. The Bertz CT molecular complexity index is 544. The van der Waals surface area contributed by atoms with Crippen LogP contribution in [0.1, 0.15) is 45.1 Å². The van der Waals surface area contributed by atoms with Gasteiger partial charge in [0, 0.05) is 37.6 Å². The molecule has 1 aliphatic heterocycles. The highest BCUT2D eigenvalue weighted by Crippen LogP contribution is 2.40. The minimum Gasteiger partial charge on any atom is -0.353 e. The van der Waals surface area contributed by atoms with E-state index in [1.807, 2.05) is 0 Å². The van der Waals surface area contributed by atoms with Gasteiger partial charge in [0.2, 0.25) is 0 Å². The average molecular weight is 456 g/mol. The predicted molar refractivity (Wildman–Crippen MR) is 117 cm³/mol. The summed E-state index contributed by atoms with van der Waals surface area (Å²) in [5, 5.41) is 3.74. The molecule has 2 fully saturated rings. The fourth-order valence-electron chi connectivity index (χ4n) is 3.95. The van der Waals surface area contributed by atoms with E-state index in [0.29, 0.717) is 18.0 Å². The molecule has 5 heteroatoms. The van der Waals surface area contributed by atoms with Crippen molar-refractivity contribution in [1.82, 2.24) is 15.1 Å². The summed E-state index contributed by atoms with van der Waals surface area (Å²) in [6, 6.07) is 12.1. The first-order valence-electron chi connectivity index (χ1n) is 9.61. The molecule has 1 saturated heterocycles. The smallest absolute Gasteiger partial charge is 0.194 e. The maximum atomic E-state index is 4.77. The highest BCUT2D eigenvalue weighted by Gasteiger charge is 2.40. The second kappa shape index (κ2) is 9.76. The van der Waals surface area contributed by atoms with E-state index in [4.69, 9.17) is 4.99 Å². The molecule has 0 radical (unpaired) electrons. The highest BCUT2D eigenvalue weighted by atomic mass is 127. The van der Waals surface area contributed by atoms with Gasteiger partial charge in [-0.1, -0.05) is 44.2 Å². The lowest BCUT2D eigenvalue weighted by Crippen LogP contribution is -2.44. The third-order valence-corrected chi connectivity index (χ3v) is 5.43. The van der Waals surface area contributed by atoms with Crippen LogP contribution in [0.5, 0.6) is 0 Å². The Balaban J connectivity index is 0.00000225. The van der Waals surface area contributed by atoms with Crippen molar-refractivity contribution in [3.8, 4) is 0 Å². The van der Waals surface area contributed by atoms with Gasteiger partial charge < -0.3 is 10.2 Å². The first-order valence-corrected chi connectivity index (χ1v) is 9.61. The molecular weight excluding hydrogens is 423 g/mol. The molecule has 1 heterocycles. The summed E-state index contributed by atoms with van der Waals surface area (Å²) in [6.07, 6.45) is 2.47. The molecular formula is C20H33IN4. The topological polar surface area (TPSA) is 30.9 Å². The number of halogens is 1. The summed E-state index contributed by atoms with van der Waals surface area (Å²) in [5.41, 5.74) is 1.45. The Morgan fingerprint density at radius 3 is 2.56 bits per heavy atom. The summed E-state index contributed by atoms with van der Waals surface area (Å²) in [6.45, 7) is 12.0. The molecule has 0 bridgehead atoms. The van der Waals surface area contributed by atoms with E-state index < -0.39 is 0 Å². The molecule has 3 rings (SSSR count). The summed E-state index contributed by atoms with van der Waals surface area (Å²) in [5.74, 6) is 1.77. The van der Waals surface area contributed by atoms with Crippen molar-refractivity contribution in [3.63, 3.8) is 0 Å². The Hall–Kier alpha value is -0.820. The van der Waals surface area contributed by atoms with Crippen LogP contribution in [0.25, 0.3) is 0 Å². The van der Waals surface area contributed by atoms with E-state index in [1.165, 1.54) is 18.4 Å². The maximum Gasteiger partial charge on any atom is 0.194 e. The standard InChI is InChI=1S/C20H32N4.HI/c1-4-21-20(24-13-12-17(15-24)23(5-2)6-3)22-19-14-18(19)16-10-8-7-9-11-16;/h7-11,17-19H,4-6,12-15H2,1-3H3,(H,21,22);1H. The molecule has 3 atom stereocenters. The van der Waals surface area contributed by atoms with Gasteiger partial charge in [0.25, 0.3) is 0 Å². The zero-order chi connectivity index (χ0) is 16.9. The lowest BCUT2D eigenvalue weighted by molar-refractivity contribution is 0.223. The zero-order valence-electron chi connectivity index (χ0n) is 15.8. The lowest BCUT2D eigenvalue weighted by atomic mass is 10.1. The van der Waals surface area contributed by atoms with E-state index in [-0.39, 0.29) is 24.0 Å². The van der Waals surface area contributed by atoms with E-state index in [0.717, 1.165) is 38.7 Å². The van der Waals surface area contributed by atoms with Crippen LogP contribution in [0.15, 0.2) is 35.3 Å². The van der Waals surface area contributed by atoms with Crippen LogP contribution in [-0.2, 0) is 0 Å². The van der Waals surface area contributed by atoms with Crippen molar-refractivity contribution in [3.05, 3.63) is 35.9 Å². The predicted octanol–water partition coefficient (Wildman–Crippen LogP) is 3.54. The molecule has 4 nitrogen and oxygen atoms in total. The van der Waals surface area contributed by atoms with Crippen LogP contribution in [0.2, 0.25) is 0 Å². The summed E-state index contributed by atoms with van der Waals surface area (Å²) in [4.78, 5) is 9.81. The minimum atomic E-state index is 0. The number of aliphatic imine (C=N–C) groups is 1. The molecule has 1 aromatic rings. The van der Waals surface area contributed by atoms with Crippen LogP contribution in [0.3, 0.4) is 0 Å². The van der Waals surface area contributed by atoms with Gasteiger partial charge in [0.1, 0.15) is 0 Å². The fourth-order valence-corrected chi connectivity index (χ4v) is 3.95. The van der Waals surface area contributed by atoms with Gasteiger partial charge in [-0.25, -0.2) is 0 Å². The Morgan fingerprint density at radius 2 is 1.92 bits per heavy atom. The molecule has 140 valence electrons. The summed E-state index contributed by atoms with van der Waals surface area (Å²) < 4.78 is 0. The number of likely N-dealkylation sites (N-methyl/N-ethyl adjacent to an activating group) is 1. The van der Waals surface area contributed by atoms with Gasteiger partial charge in [-0.3, -0.25) is 9.89 Å². The molecule has 0 amide bonds. The van der Waals surface area contributed by atoms with E-state index >= 15 is 0 Å². The van der Waals surface area contributed by atoms with Crippen molar-refractivity contribution in [2.24, 2.45) is 4.99 Å². The normalized spacial score (nSPS) is 25.8. The lowest BCUT2D eigenvalue weighted by Gasteiger charge is -2.27. The zero-order valence-corrected chi connectivity index (χ0v) is 18.1. The number of nitrogens with zero attached hydrogens (tertiary/aromatic N) is 3. The van der Waals surface area contributed by atoms with Crippen molar-refractivity contribution < 1.29 is 0 Å². The largest absolute Gasteiger partial charge is 0.353 e. The van der Waals surface area contributed by atoms with Crippen LogP contribution < -0.4 is 5.32 Å². The quantitative estimate of drug-likeness (QED) is 0.404. The molecule has 2 aliphatic rings. The molecule has 1 N–H and O–H groups in total. The first kappa shape index (κ1) is 20.5. The monoisotopic (exact) mass is 456 g/mol. The van der Waals surface area contributed by atoms with E-state index in [9.17, 15) is 0 Å². The van der Waals surface area contributed by atoms with Gasteiger partial charge in [-0.15, -0.1) is 24.0 Å².